The average Bonchev–Trinajstić information content (AvgIpc) is 2.52. The third-order valence-corrected chi connectivity index (χ3v) is 3.42. The Morgan fingerprint density at radius 3 is 2.20 bits per heavy atom. The largest absolute Gasteiger partial charge is 0.397 e. The summed E-state index contributed by atoms with van der Waals surface area (Å²) in [6.45, 7) is 6.83. The summed E-state index contributed by atoms with van der Waals surface area (Å²) in [5.41, 5.74) is 14.0. The van der Waals surface area contributed by atoms with Gasteiger partial charge in [0, 0.05) is 18.8 Å². The summed E-state index contributed by atoms with van der Waals surface area (Å²) in [5.74, 6) is 1.51. The van der Waals surface area contributed by atoms with E-state index in [-0.39, 0.29) is 0 Å². The fourth-order valence-electron chi connectivity index (χ4n) is 2.10. The van der Waals surface area contributed by atoms with Crippen LogP contribution in [0.4, 0.5) is 17.1 Å². The molecule has 2 rings (SSSR count). The molecule has 1 aliphatic heterocycles. The van der Waals surface area contributed by atoms with Gasteiger partial charge in [-0.2, -0.15) is 0 Å². The molecule has 3 heteroatoms. The number of nitrogens with two attached hydrogens (primary N) is 2. The van der Waals surface area contributed by atoms with E-state index in [1.807, 2.05) is 12.1 Å². The summed E-state index contributed by atoms with van der Waals surface area (Å²) in [7, 11) is 0. The van der Waals surface area contributed by atoms with Crippen molar-refractivity contribution in [2.75, 3.05) is 29.5 Å². The van der Waals surface area contributed by atoms with Crippen molar-refractivity contribution in [3.63, 3.8) is 0 Å². The Morgan fingerprint density at radius 2 is 1.67 bits per heavy atom. The van der Waals surface area contributed by atoms with Gasteiger partial charge in [-0.15, -0.1) is 0 Å². The van der Waals surface area contributed by atoms with E-state index in [4.69, 9.17) is 11.5 Å². The van der Waals surface area contributed by atoms with Crippen molar-refractivity contribution >= 4 is 17.1 Å². The second kappa shape index (κ2) is 3.65. The van der Waals surface area contributed by atoms with Crippen molar-refractivity contribution in [3.8, 4) is 0 Å². The molecule has 0 radical (unpaired) electrons. The molecule has 1 fully saturated rings. The molecule has 0 spiro atoms. The monoisotopic (exact) mass is 205 g/mol. The summed E-state index contributed by atoms with van der Waals surface area (Å²) < 4.78 is 0. The van der Waals surface area contributed by atoms with Gasteiger partial charge in [-0.1, -0.05) is 13.8 Å². The van der Waals surface area contributed by atoms with Gasteiger partial charge in [0.15, 0.2) is 0 Å². The summed E-state index contributed by atoms with van der Waals surface area (Å²) in [4.78, 5) is 2.38. The maximum atomic E-state index is 5.81. The van der Waals surface area contributed by atoms with Crippen molar-refractivity contribution in [1.82, 2.24) is 0 Å². The molecule has 2 unspecified atom stereocenters. The number of nitrogen functional groups attached to an aromatic ring is 2. The first-order chi connectivity index (χ1) is 7.08. The van der Waals surface area contributed by atoms with Crippen molar-refractivity contribution in [2.45, 2.75) is 13.8 Å². The smallest absolute Gasteiger partial charge is 0.0568 e. The minimum absolute atomic E-state index is 0.666. The quantitative estimate of drug-likeness (QED) is 0.689. The fraction of sp³-hybridized carbons (Fsp3) is 0.500. The molecule has 0 amide bonds. The predicted molar refractivity (Wildman–Crippen MR) is 65.8 cm³/mol. The molecular weight excluding hydrogens is 186 g/mol. The van der Waals surface area contributed by atoms with Gasteiger partial charge in [-0.05, 0) is 30.0 Å². The maximum Gasteiger partial charge on any atom is 0.0568 e. The Labute approximate surface area is 91.1 Å². The zero-order valence-corrected chi connectivity index (χ0v) is 9.40. The number of nitrogens with zero attached hydrogens (tertiary/aromatic N) is 1. The van der Waals surface area contributed by atoms with E-state index in [9.17, 15) is 0 Å². The second-order valence-corrected chi connectivity index (χ2v) is 4.67. The third kappa shape index (κ3) is 1.87. The molecule has 82 valence electrons. The van der Waals surface area contributed by atoms with Crippen molar-refractivity contribution < 1.29 is 0 Å². The van der Waals surface area contributed by atoms with E-state index < -0.39 is 0 Å². The highest BCUT2D eigenvalue weighted by Gasteiger charge is 2.26. The Kier molecular flexibility index (Phi) is 2.47. The molecular formula is C12H19N3. The zero-order chi connectivity index (χ0) is 11.0. The molecule has 1 aliphatic rings. The van der Waals surface area contributed by atoms with Crippen LogP contribution in [0.25, 0.3) is 0 Å². The van der Waals surface area contributed by atoms with Crippen LogP contribution in [0.5, 0.6) is 0 Å². The molecule has 1 aromatic rings. The van der Waals surface area contributed by atoms with Crippen LogP contribution < -0.4 is 16.4 Å². The van der Waals surface area contributed by atoms with Gasteiger partial charge < -0.3 is 16.4 Å². The molecule has 4 N–H and O–H groups in total. The zero-order valence-electron chi connectivity index (χ0n) is 9.40. The highest BCUT2D eigenvalue weighted by molar-refractivity contribution is 5.70. The third-order valence-electron chi connectivity index (χ3n) is 3.42. The van der Waals surface area contributed by atoms with Gasteiger partial charge in [-0.25, -0.2) is 0 Å². The molecule has 2 atom stereocenters. The van der Waals surface area contributed by atoms with E-state index in [1.54, 1.807) is 0 Å². The minimum atomic E-state index is 0.666. The van der Waals surface area contributed by atoms with Gasteiger partial charge in [-0.3, -0.25) is 0 Å². The molecule has 0 saturated carbocycles. The molecule has 1 aromatic carbocycles. The van der Waals surface area contributed by atoms with Crippen molar-refractivity contribution in [3.05, 3.63) is 18.2 Å². The van der Waals surface area contributed by atoms with Gasteiger partial charge in [0.1, 0.15) is 0 Å². The van der Waals surface area contributed by atoms with E-state index in [2.05, 4.69) is 24.8 Å². The molecule has 0 aromatic heterocycles. The van der Waals surface area contributed by atoms with Crippen molar-refractivity contribution in [1.29, 1.82) is 0 Å². The first kappa shape index (κ1) is 10.1. The van der Waals surface area contributed by atoms with Crippen LogP contribution in [-0.2, 0) is 0 Å². The van der Waals surface area contributed by atoms with Crippen LogP contribution in [0.2, 0.25) is 0 Å². The summed E-state index contributed by atoms with van der Waals surface area (Å²) >= 11 is 0. The van der Waals surface area contributed by atoms with Crippen LogP contribution in [0.15, 0.2) is 18.2 Å². The van der Waals surface area contributed by atoms with Gasteiger partial charge in [0.05, 0.1) is 11.4 Å². The summed E-state index contributed by atoms with van der Waals surface area (Å²) in [5, 5.41) is 0. The van der Waals surface area contributed by atoms with Gasteiger partial charge >= 0.3 is 0 Å². The number of anilines is 3. The van der Waals surface area contributed by atoms with Crippen LogP contribution in [0.3, 0.4) is 0 Å². The molecule has 15 heavy (non-hydrogen) atoms. The standard InChI is InChI=1S/C12H19N3/c1-8-6-15(7-9(8)2)10-3-4-11(13)12(14)5-10/h3-5,8-9H,6-7,13-14H2,1-2H3. The number of hydrogen-bond donors (Lipinski definition) is 2. The number of hydrogen-bond acceptors (Lipinski definition) is 3. The summed E-state index contributed by atoms with van der Waals surface area (Å²) in [6.07, 6.45) is 0. The Hall–Kier alpha value is -1.38. The van der Waals surface area contributed by atoms with Crippen LogP contribution in [0, 0.1) is 11.8 Å². The molecule has 1 heterocycles. The van der Waals surface area contributed by atoms with Crippen LogP contribution in [0.1, 0.15) is 13.8 Å². The highest BCUT2D eigenvalue weighted by Crippen LogP contribution is 2.30. The van der Waals surface area contributed by atoms with Gasteiger partial charge in [0.25, 0.3) is 0 Å². The molecule has 3 nitrogen and oxygen atoms in total. The first-order valence-electron chi connectivity index (χ1n) is 5.48. The van der Waals surface area contributed by atoms with Crippen LogP contribution in [-0.4, -0.2) is 13.1 Å². The molecule has 0 bridgehead atoms. The van der Waals surface area contributed by atoms with Crippen molar-refractivity contribution in [2.24, 2.45) is 11.8 Å². The van der Waals surface area contributed by atoms with E-state index in [1.165, 1.54) is 5.69 Å². The van der Waals surface area contributed by atoms with Gasteiger partial charge in [0.2, 0.25) is 0 Å². The van der Waals surface area contributed by atoms with E-state index >= 15 is 0 Å². The lowest BCUT2D eigenvalue weighted by Gasteiger charge is -2.19. The SMILES string of the molecule is CC1CN(c2ccc(N)c(N)c2)CC1C. The normalized spacial score (nSPS) is 25.9. The molecule has 1 saturated heterocycles. The first-order valence-corrected chi connectivity index (χ1v) is 5.48. The van der Waals surface area contributed by atoms with Crippen LogP contribution >= 0.6 is 0 Å². The highest BCUT2D eigenvalue weighted by atomic mass is 15.2. The second-order valence-electron chi connectivity index (χ2n) is 4.67. The Morgan fingerprint density at radius 1 is 1.07 bits per heavy atom. The minimum Gasteiger partial charge on any atom is -0.397 e. The maximum absolute atomic E-state index is 5.81. The lowest BCUT2D eigenvalue weighted by Crippen LogP contribution is -2.19. The Balaban J connectivity index is 2.20. The predicted octanol–water partition coefficient (Wildman–Crippen LogP) is 1.94. The Bertz CT molecular complexity index is 352. The number of rotatable bonds is 1. The fourth-order valence-corrected chi connectivity index (χ4v) is 2.10. The van der Waals surface area contributed by atoms with E-state index in [0.717, 1.165) is 24.9 Å². The average molecular weight is 205 g/mol. The summed E-state index contributed by atoms with van der Waals surface area (Å²) in [6, 6.07) is 5.91. The lowest BCUT2D eigenvalue weighted by molar-refractivity contribution is 0.494. The number of benzene rings is 1. The van der Waals surface area contributed by atoms with E-state index in [0.29, 0.717) is 11.4 Å². The molecule has 0 aliphatic carbocycles. The lowest BCUT2D eigenvalue weighted by atomic mass is 10.0. The topological polar surface area (TPSA) is 55.3 Å².